The number of phenols is 1. The molecule has 12 nitrogen and oxygen atoms in total. The largest absolute Gasteiger partial charge is 0.507 e. The molecule has 2 fully saturated rings. The third kappa shape index (κ3) is 6.24. The number of rotatable bonds is 8. The van der Waals surface area contributed by atoms with Gasteiger partial charge in [-0.05, 0) is 73.0 Å². The van der Waals surface area contributed by atoms with E-state index in [1.807, 2.05) is 38.1 Å². The van der Waals surface area contributed by atoms with E-state index in [0.717, 1.165) is 42.0 Å². The van der Waals surface area contributed by atoms with Crippen LogP contribution in [0.15, 0.2) is 53.2 Å². The van der Waals surface area contributed by atoms with Crippen molar-refractivity contribution in [2.24, 2.45) is 5.92 Å². The first-order valence-electron chi connectivity index (χ1n) is 16.0. The average molecular weight is 656 g/mol. The molecule has 4 aromatic heterocycles. The molecular weight excluding hydrogens is 618 g/mol. The highest BCUT2D eigenvalue weighted by Gasteiger charge is 2.35. The number of piperidine rings is 1. The molecule has 0 radical (unpaired) electrons. The van der Waals surface area contributed by atoms with Gasteiger partial charge in [0.25, 0.3) is 5.88 Å². The van der Waals surface area contributed by atoms with Crippen LogP contribution >= 0.6 is 11.3 Å². The van der Waals surface area contributed by atoms with Gasteiger partial charge in [-0.15, -0.1) is 21.5 Å². The summed E-state index contributed by atoms with van der Waals surface area (Å²) in [5, 5.41) is 34.2. The fourth-order valence-electron chi connectivity index (χ4n) is 6.61. The SMILES string of the molecule is Cc1c(C2CCN(c3ccnc(Oc4cc(C(C(=O)N5CCC(O)C5)C(C)C)on4)n3)CC2)sc2nnc(-c3ccccc3O)cc12. The van der Waals surface area contributed by atoms with E-state index in [9.17, 15) is 15.0 Å². The van der Waals surface area contributed by atoms with Gasteiger partial charge in [-0.3, -0.25) is 4.79 Å². The smallest absolute Gasteiger partial charge is 0.325 e. The lowest BCUT2D eigenvalue weighted by atomic mass is 9.92. The highest BCUT2D eigenvalue weighted by Crippen LogP contribution is 2.41. The molecule has 2 unspecified atom stereocenters. The molecule has 7 rings (SSSR count). The summed E-state index contributed by atoms with van der Waals surface area (Å²) in [5.41, 5.74) is 2.56. The lowest BCUT2D eigenvalue weighted by Gasteiger charge is -2.32. The molecular formula is C34H37N7O5S. The normalized spacial score (nSPS) is 17.9. The molecule has 2 aliphatic rings. The number of likely N-dealkylation sites (tertiary alicyclic amines) is 1. The second-order valence-corrected chi connectivity index (χ2v) is 13.7. The van der Waals surface area contributed by atoms with Gasteiger partial charge < -0.3 is 29.3 Å². The molecule has 2 saturated heterocycles. The van der Waals surface area contributed by atoms with Crippen molar-refractivity contribution in [2.75, 3.05) is 31.1 Å². The molecule has 0 bridgehead atoms. The van der Waals surface area contributed by atoms with Crippen molar-refractivity contribution in [1.82, 2.24) is 30.2 Å². The first-order chi connectivity index (χ1) is 22.7. The Kier molecular flexibility index (Phi) is 8.50. The van der Waals surface area contributed by atoms with Gasteiger partial charge in [-0.2, -0.15) is 4.98 Å². The van der Waals surface area contributed by atoms with Crippen LogP contribution in [-0.4, -0.2) is 78.6 Å². The molecule has 1 aromatic carbocycles. The van der Waals surface area contributed by atoms with E-state index in [0.29, 0.717) is 42.4 Å². The quantitative estimate of drug-likeness (QED) is 0.213. The molecule has 0 aliphatic carbocycles. The highest BCUT2D eigenvalue weighted by molar-refractivity contribution is 7.18. The van der Waals surface area contributed by atoms with E-state index in [-0.39, 0.29) is 29.5 Å². The molecule has 2 atom stereocenters. The number of thiophene rings is 1. The maximum Gasteiger partial charge on any atom is 0.325 e. The molecule has 0 saturated carbocycles. The number of aromatic nitrogens is 5. The molecule has 13 heteroatoms. The lowest BCUT2D eigenvalue weighted by Crippen LogP contribution is -2.35. The molecule has 5 aromatic rings. The van der Waals surface area contributed by atoms with Gasteiger partial charge in [-0.1, -0.05) is 26.0 Å². The van der Waals surface area contributed by atoms with E-state index in [1.54, 1.807) is 40.6 Å². The van der Waals surface area contributed by atoms with Crippen LogP contribution in [0.25, 0.3) is 21.5 Å². The van der Waals surface area contributed by atoms with E-state index in [4.69, 9.17) is 9.26 Å². The van der Waals surface area contributed by atoms with Gasteiger partial charge in [0.05, 0.1) is 11.8 Å². The number of ether oxygens (including phenoxy) is 1. The zero-order chi connectivity index (χ0) is 32.7. The summed E-state index contributed by atoms with van der Waals surface area (Å²) in [5.74, 6) is 1.30. The minimum atomic E-state index is -0.533. The van der Waals surface area contributed by atoms with Crippen molar-refractivity contribution in [3.8, 4) is 28.9 Å². The average Bonchev–Trinajstić information content (AvgIpc) is 3.80. The number of aliphatic hydroxyl groups excluding tert-OH is 1. The lowest BCUT2D eigenvalue weighted by molar-refractivity contribution is -0.133. The predicted octanol–water partition coefficient (Wildman–Crippen LogP) is 5.66. The van der Waals surface area contributed by atoms with Crippen molar-refractivity contribution < 1.29 is 24.3 Å². The molecule has 244 valence electrons. The molecule has 0 spiro atoms. The summed E-state index contributed by atoms with van der Waals surface area (Å²) in [6.45, 7) is 8.56. The molecule has 2 aliphatic heterocycles. The summed E-state index contributed by atoms with van der Waals surface area (Å²) in [6.07, 6.45) is 3.67. The number of nitrogens with zero attached hydrogens (tertiary/aromatic N) is 7. The first kappa shape index (κ1) is 31.0. The number of amides is 1. The number of aliphatic hydroxyl groups is 1. The fraction of sp³-hybridized carbons (Fsp3) is 0.412. The third-order valence-electron chi connectivity index (χ3n) is 9.15. The van der Waals surface area contributed by atoms with Crippen LogP contribution in [0.5, 0.6) is 17.6 Å². The Balaban J connectivity index is 1.01. The second kappa shape index (κ2) is 12.9. The maximum atomic E-state index is 13.2. The highest BCUT2D eigenvalue weighted by atomic mass is 32.1. The van der Waals surface area contributed by atoms with E-state index in [1.165, 1.54) is 10.4 Å². The van der Waals surface area contributed by atoms with Crippen molar-refractivity contribution in [3.63, 3.8) is 0 Å². The Bertz CT molecular complexity index is 1900. The minimum absolute atomic E-state index is 0.0333. The molecule has 2 N–H and O–H groups in total. The minimum Gasteiger partial charge on any atom is -0.507 e. The van der Waals surface area contributed by atoms with E-state index in [2.05, 4.69) is 37.1 Å². The number of fused-ring (bicyclic) bond motifs is 1. The Labute approximate surface area is 276 Å². The van der Waals surface area contributed by atoms with Gasteiger partial charge in [0, 0.05) is 54.3 Å². The van der Waals surface area contributed by atoms with Gasteiger partial charge in [0.15, 0.2) is 5.76 Å². The van der Waals surface area contributed by atoms with Gasteiger partial charge in [0.1, 0.15) is 22.3 Å². The summed E-state index contributed by atoms with van der Waals surface area (Å²) in [4.78, 5) is 28.3. The summed E-state index contributed by atoms with van der Waals surface area (Å²) < 4.78 is 11.5. The first-order valence-corrected chi connectivity index (χ1v) is 16.8. The third-order valence-corrected chi connectivity index (χ3v) is 10.5. The molecule has 1 amide bonds. The standard InChI is InChI=1S/C34H37N7O5S/c1-19(2)30(33(44)41-15-11-22(42)18-41)27-17-29(39-46-27)45-34-35-12-8-28(36-34)40-13-9-21(10-14-40)31-20(3)24-16-25(37-38-32(24)47-31)23-6-4-5-7-26(23)43/h4-8,12,16-17,19,21-22,30,42-43H,9-11,13-15,18H2,1-3H3. The van der Waals surface area contributed by atoms with Crippen molar-refractivity contribution in [3.05, 3.63) is 64.9 Å². The predicted molar refractivity (Wildman–Crippen MR) is 177 cm³/mol. The topological polar surface area (TPSA) is 151 Å². The number of phenolic OH excluding ortho intramolecular Hbond substituents is 1. The number of carbonyl (C=O) groups is 1. The number of aromatic hydroxyl groups is 1. The van der Waals surface area contributed by atoms with Crippen LogP contribution in [0.3, 0.4) is 0 Å². The number of para-hydroxylation sites is 1. The van der Waals surface area contributed by atoms with Crippen LogP contribution < -0.4 is 9.64 Å². The zero-order valence-electron chi connectivity index (χ0n) is 26.5. The number of anilines is 1. The maximum absolute atomic E-state index is 13.2. The number of hydrogen-bond acceptors (Lipinski definition) is 12. The van der Waals surface area contributed by atoms with Crippen LogP contribution in [-0.2, 0) is 4.79 Å². The van der Waals surface area contributed by atoms with Crippen LogP contribution in [0.2, 0.25) is 0 Å². The van der Waals surface area contributed by atoms with Gasteiger partial charge in [0.2, 0.25) is 5.91 Å². The molecule has 47 heavy (non-hydrogen) atoms. The fourth-order valence-corrected chi connectivity index (χ4v) is 7.89. The Hall–Kier alpha value is -4.62. The number of β-amino-alcohol motifs (C(OH)–C–C–N with tert-alkyl or cyclic N) is 1. The summed E-state index contributed by atoms with van der Waals surface area (Å²) in [6, 6.07) is 12.9. The Morgan fingerprint density at radius 1 is 1.09 bits per heavy atom. The van der Waals surface area contributed by atoms with Crippen molar-refractivity contribution in [2.45, 2.75) is 58.0 Å². The zero-order valence-corrected chi connectivity index (χ0v) is 27.4. The van der Waals surface area contributed by atoms with E-state index >= 15 is 0 Å². The van der Waals surface area contributed by atoms with Crippen molar-refractivity contribution in [1.29, 1.82) is 0 Å². The summed E-state index contributed by atoms with van der Waals surface area (Å²) in [7, 11) is 0. The van der Waals surface area contributed by atoms with E-state index < -0.39 is 12.0 Å². The van der Waals surface area contributed by atoms with Crippen LogP contribution in [0.1, 0.15) is 61.1 Å². The van der Waals surface area contributed by atoms with Gasteiger partial charge >= 0.3 is 6.01 Å². The molecule has 6 heterocycles. The van der Waals surface area contributed by atoms with Gasteiger partial charge in [-0.25, -0.2) is 4.98 Å². The number of benzene rings is 1. The number of carbonyl (C=O) groups excluding carboxylic acids is 1. The van der Waals surface area contributed by atoms with Crippen molar-refractivity contribution >= 4 is 33.3 Å². The Morgan fingerprint density at radius 3 is 2.64 bits per heavy atom. The number of aryl methyl sites for hydroxylation is 1. The second-order valence-electron chi connectivity index (χ2n) is 12.6. The monoisotopic (exact) mass is 655 g/mol. The summed E-state index contributed by atoms with van der Waals surface area (Å²) >= 11 is 1.70. The van der Waals surface area contributed by atoms with Crippen LogP contribution in [0, 0.1) is 12.8 Å². The number of hydrogen-bond donors (Lipinski definition) is 2. The Morgan fingerprint density at radius 2 is 1.89 bits per heavy atom. The van der Waals surface area contributed by atoms with Crippen LogP contribution in [0.4, 0.5) is 5.82 Å².